The Morgan fingerprint density at radius 3 is 1.40 bits per heavy atom. The van der Waals surface area contributed by atoms with Crippen molar-refractivity contribution in [2.24, 2.45) is 0 Å². The molecule has 7 heteroatoms. The molecule has 0 bridgehead atoms. The van der Waals surface area contributed by atoms with E-state index in [-0.39, 0.29) is 5.78 Å². The van der Waals surface area contributed by atoms with Crippen LogP contribution in [-0.2, 0) is 14.3 Å². The first-order valence-corrected chi connectivity index (χ1v) is 15.7. The van der Waals surface area contributed by atoms with Gasteiger partial charge < -0.3 is 18.9 Å². The van der Waals surface area contributed by atoms with Crippen LogP contribution in [0.25, 0.3) is 12.2 Å². The van der Waals surface area contributed by atoms with Gasteiger partial charge in [0.25, 0.3) is 0 Å². The molecule has 3 fully saturated rings. The highest BCUT2D eigenvalue weighted by molar-refractivity contribution is 6.15. The third-order valence-electron chi connectivity index (χ3n) is 8.17. The Balaban J connectivity index is 1.01. The molecule has 226 valence electrons. The summed E-state index contributed by atoms with van der Waals surface area (Å²) < 4.78 is 22.7. The van der Waals surface area contributed by atoms with E-state index < -0.39 is 0 Å². The first kappa shape index (κ1) is 30.5. The topological polar surface area (TPSA) is 60.5 Å². The van der Waals surface area contributed by atoms with Gasteiger partial charge >= 0.3 is 0 Å². The minimum absolute atomic E-state index is 0.149. The maximum Gasteiger partial charge on any atom is 0.185 e. The van der Waals surface area contributed by atoms with Crippen molar-refractivity contribution in [2.45, 2.75) is 38.5 Å². The molecule has 2 aromatic rings. The zero-order valence-electron chi connectivity index (χ0n) is 24.9. The molecule has 2 heterocycles. The van der Waals surface area contributed by atoms with Crippen molar-refractivity contribution < 1.29 is 23.7 Å². The number of Topliss-reactive ketones (excluding diaryl/α,β-unsaturated/α-hetero) is 1. The van der Waals surface area contributed by atoms with Gasteiger partial charge in [0.2, 0.25) is 0 Å². The quantitative estimate of drug-likeness (QED) is 0.218. The third kappa shape index (κ3) is 9.80. The number of hydrogen-bond acceptors (Lipinski definition) is 7. The molecule has 0 amide bonds. The van der Waals surface area contributed by atoms with Crippen molar-refractivity contribution >= 4 is 17.9 Å². The summed E-state index contributed by atoms with van der Waals surface area (Å²) in [6.45, 7) is 11.2. The summed E-state index contributed by atoms with van der Waals surface area (Å²) in [6.07, 6.45) is 9.94. The smallest absolute Gasteiger partial charge is 0.185 e. The molecule has 2 saturated heterocycles. The van der Waals surface area contributed by atoms with E-state index in [2.05, 4.69) is 9.80 Å². The van der Waals surface area contributed by atoms with Gasteiger partial charge in [-0.15, -0.1) is 0 Å². The molecule has 2 aromatic carbocycles. The Bertz CT molecular complexity index is 1070. The predicted molar refractivity (Wildman–Crippen MR) is 167 cm³/mol. The number of morpholine rings is 2. The summed E-state index contributed by atoms with van der Waals surface area (Å²) >= 11 is 0. The number of unbranched alkanes of at least 4 members (excludes halogenated alkanes) is 2. The Labute approximate surface area is 251 Å². The van der Waals surface area contributed by atoms with E-state index in [1.165, 1.54) is 0 Å². The van der Waals surface area contributed by atoms with Crippen molar-refractivity contribution in [3.8, 4) is 11.5 Å². The van der Waals surface area contributed by atoms with E-state index in [1.807, 2.05) is 60.7 Å². The molecule has 0 atom stereocenters. The fourth-order valence-electron chi connectivity index (χ4n) is 5.61. The highest BCUT2D eigenvalue weighted by Gasteiger charge is 2.23. The van der Waals surface area contributed by atoms with E-state index in [0.29, 0.717) is 0 Å². The van der Waals surface area contributed by atoms with Crippen LogP contribution in [0.15, 0.2) is 59.7 Å². The number of ether oxygens (including phenoxy) is 4. The van der Waals surface area contributed by atoms with E-state index in [9.17, 15) is 4.79 Å². The highest BCUT2D eigenvalue weighted by atomic mass is 16.5. The molecule has 0 spiro atoms. The second kappa shape index (κ2) is 16.6. The molecule has 0 radical (unpaired) electrons. The average Bonchev–Trinajstić information content (AvgIpc) is 3.37. The zero-order chi connectivity index (χ0) is 28.8. The Kier molecular flexibility index (Phi) is 12.1. The SMILES string of the molecule is O=C1/C(=C/c2ccc(OCCCCN3CCOCC3)cc2)CC/C1=C\c1ccc(OCCCCN2CCOCC2)cc1. The van der Waals surface area contributed by atoms with Gasteiger partial charge in [-0.3, -0.25) is 14.6 Å². The first-order chi connectivity index (χ1) is 20.7. The fraction of sp³-hybridized carbons (Fsp3) is 0.514. The van der Waals surface area contributed by atoms with Gasteiger partial charge in [-0.05, 0) is 99.2 Å². The van der Waals surface area contributed by atoms with Gasteiger partial charge in [0, 0.05) is 37.3 Å². The normalized spacial score (nSPS) is 20.4. The number of nitrogens with zero attached hydrogens (tertiary/aromatic N) is 2. The van der Waals surface area contributed by atoms with Crippen LogP contribution in [-0.4, -0.2) is 94.5 Å². The van der Waals surface area contributed by atoms with E-state index >= 15 is 0 Å². The van der Waals surface area contributed by atoms with Crippen molar-refractivity contribution in [1.82, 2.24) is 9.80 Å². The number of carbonyl (C=O) groups is 1. The molecular formula is C35H46N2O5. The van der Waals surface area contributed by atoms with Crippen LogP contribution < -0.4 is 9.47 Å². The summed E-state index contributed by atoms with van der Waals surface area (Å²) in [5, 5.41) is 0. The minimum atomic E-state index is 0.149. The summed E-state index contributed by atoms with van der Waals surface area (Å²) in [5.41, 5.74) is 3.81. The van der Waals surface area contributed by atoms with Crippen LogP contribution in [0.4, 0.5) is 0 Å². The second-order valence-corrected chi connectivity index (χ2v) is 11.3. The van der Waals surface area contributed by atoms with Gasteiger partial charge in [0.15, 0.2) is 5.78 Å². The zero-order valence-corrected chi connectivity index (χ0v) is 24.9. The molecule has 7 nitrogen and oxygen atoms in total. The molecule has 0 N–H and O–H groups in total. The lowest BCUT2D eigenvalue weighted by molar-refractivity contribution is -0.111. The van der Waals surface area contributed by atoms with Gasteiger partial charge in [-0.2, -0.15) is 0 Å². The van der Waals surface area contributed by atoms with Crippen LogP contribution in [0.3, 0.4) is 0 Å². The lowest BCUT2D eigenvalue weighted by atomic mass is 10.1. The summed E-state index contributed by atoms with van der Waals surface area (Å²) in [6, 6.07) is 16.1. The van der Waals surface area contributed by atoms with Crippen molar-refractivity contribution in [3.63, 3.8) is 0 Å². The third-order valence-corrected chi connectivity index (χ3v) is 8.17. The number of carbonyl (C=O) groups excluding carboxylic acids is 1. The maximum atomic E-state index is 13.1. The Morgan fingerprint density at radius 2 is 1.00 bits per heavy atom. The van der Waals surface area contributed by atoms with Crippen molar-refractivity contribution in [3.05, 3.63) is 70.8 Å². The molecule has 3 aliphatic rings. The van der Waals surface area contributed by atoms with Gasteiger partial charge in [0.05, 0.1) is 39.6 Å². The van der Waals surface area contributed by atoms with E-state index in [4.69, 9.17) is 18.9 Å². The predicted octanol–water partition coefficient (Wildman–Crippen LogP) is 5.50. The largest absolute Gasteiger partial charge is 0.494 e. The monoisotopic (exact) mass is 574 g/mol. The van der Waals surface area contributed by atoms with E-state index in [1.54, 1.807) is 0 Å². The standard InChI is InChI=1S/C35H46N2O5/c38-35-31(27-29-5-11-33(12-6-29)41-21-3-1-15-36-17-23-39-24-18-36)9-10-32(35)28-30-7-13-34(14-8-30)42-22-4-2-16-37-19-25-40-26-20-37/h5-8,11-14,27-28H,1-4,9-10,15-26H2/b31-27+,32-28+. The fourth-order valence-corrected chi connectivity index (χ4v) is 5.61. The molecule has 1 aliphatic carbocycles. The van der Waals surface area contributed by atoms with Crippen LogP contribution >= 0.6 is 0 Å². The lowest BCUT2D eigenvalue weighted by Crippen LogP contribution is -2.36. The second-order valence-electron chi connectivity index (χ2n) is 11.3. The number of hydrogen-bond donors (Lipinski definition) is 0. The molecule has 0 aromatic heterocycles. The number of rotatable bonds is 14. The Morgan fingerprint density at radius 1 is 0.595 bits per heavy atom. The average molecular weight is 575 g/mol. The number of benzene rings is 2. The molecule has 0 unspecified atom stereocenters. The van der Waals surface area contributed by atoms with E-state index in [0.717, 1.165) is 151 Å². The molecule has 2 aliphatic heterocycles. The highest BCUT2D eigenvalue weighted by Crippen LogP contribution is 2.30. The van der Waals surface area contributed by atoms with Crippen LogP contribution in [0.2, 0.25) is 0 Å². The minimum Gasteiger partial charge on any atom is -0.494 e. The molecule has 42 heavy (non-hydrogen) atoms. The molecular weight excluding hydrogens is 528 g/mol. The molecule has 5 rings (SSSR count). The first-order valence-electron chi connectivity index (χ1n) is 15.7. The van der Waals surface area contributed by atoms with Gasteiger partial charge in [-0.25, -0.2) is 0 Å². The maximum absolute atomic E-state index is 13.1. The van der Waals surface area contributed by atoms with Crippen molar-refractivity contribution in [1.29, 1.82) is 0 Å². The summed E-state index contributed by atoms with van der Waals surface area (Å²) in [5.74, 6) is 1.90. The van der Waals surface area contributed by atoms with Crippen LogP contribution in [0, 0.1) is 0 Å². The lowest BCUT2D eigenvalue weighted by Gasteiger charge is -2.26. The Hall–Kier alpha value is -2.97. The summed E-state index contributed by atoms with van der Waals surface area (Å²) in [7, 11) is 0. The molecule has 1 saturated carbocycles. The summed E-state index contributed by atoms with van der Waals surface area (Å²) in [4.78, 5) is 18.0. The van der Waals surface area contributed by atoms with Crippen LogP contribution in [0.5, 0.6) is 11.5 Å². The van der Waals surface area contributed by atoms with Crippen molar-refractivity contribution in [2.75, 3.05) is 78.9 Å². The van der Waals surface area contributed by atoms with Gasteiger partial charge in [0.1, 0.15) is 11.5 Å². The van der Waals surface area contributed by atoms with Gasteiger partial charge in [-0.1, -0.05) is 24.3 Å². The number of allylic oxidation sites excluding steroid dienone is 2. The van der Waals surface area contributed by atoms with Crippen LogP contribution in [0.1, 0.15) is 49.7 Å². The number of ketones is 1.